The van der Waals surface area contributed by atoms with Gasteiger partial charge in [0.1, 0.15) is 0 Å². The predicted octanol–water partition coefficient (Wildman–Crippen LogP) is 3.38. The minimum absolute atomic E-state index is 0.212. The van der Waals surface area contributed by atoms with E-state index in [0.717, 1.165) is 0 Å². The van der Waals surface area contributed by atoms with Crippen molar-refractivity contribution in [3.63, 3.8) is 0 Å². The summed E-state index contributed by atoms with van der Waals surface area (Å²) in [5.41, 5.74) is -1.90. The quantitative estimate of drug-likeness (QED) is 0.560. The van der Waals surface area contributed by atoms with Crippen molar-refractivity contribution in [2.75, 3.05) is 0 Å². The van der Waals surface area contributed by atoms with Gasteiger partial charge in [0.2, 0.25) is 0 Å². The summed E-state index contributed by atoms with van der Waals surface area (Å²) in [6, 6.07) is 0. The summed E-state index contributed by atoms with van der Waals surface area (Å²) in [5.74, 6) is 0. The molecule has 0 aromatic rings. The van der Waals surface area contributed by atoms with Gasteiger partial charge in [0.15, 0.2) is 0 Å². The fourth-order valence-corrected chi connectivity index (χ4v) is 2.00. The average Bonchev–Trinajstić information content (AvgIpc) is 2.33. The van der Waals surface area contributed by atoms with Gasteiger partial charge in [0.25, 0.3) is 0 Å². The van der Waals surface area contributed by atoms with E-state index in [2.05, 4.69) is 0 Å². The van der Waals surface area contributed by atoms with E-state index in [9.17, 15) is 13.2 Å². The largest absolute Gasteiger partial charge is 0.395 e. The highest BCUT2D eigenvalue weighted by Crippen LogP contribution is 2.72. The molecular formula is C8H13F3. The van der Waals surface area contributed by atoms with Gasteiger partial charge in [-0.3, -0.25) is 0 Å². The average molecular weight is 166 g/mol. The summed E-state index contributed by atoms with van der Waals surface area (Å²) in [4.78, 5) is 0. The molecule has 0 amide bonds. The molecule has 0 heterocycles. The van der Waals surface area contributed by atoms with Gasteiger partial charge in [-0.1, -0.05) is 20.8 Å². The zero-order valence-electron chi connectivity index (χ0n) is 7.05. The second kappa shape index (κ2) is 1.93. The van der Waals surface area contributed by atoms with Crippen molar-refractivity contribution in [3.8, 4) is 0 Å². The molecule has 3 heteroatoms. The maximum Gasteiger partial charge on any atom is 0.395 e. The lowest BCUT2D eigenvalue weighted by Gasteiger charge is -2.21. The van der Waals surface area contributed by atoms with E-state index < -0.39 is 17.0 Å². The Morgan fingerprint density at radius 3 is 1.64 bits per heavy atom. The van der Waals surface area contributed by atoms with Gasteiger partial charge in [-0.05, 0) is 18.3 Å². The molecule has 1 aliphatic rings. The third-order valence-electron chi connectivity index (χ3n) is 3.06. The van der Waals surface area contributed by atoms with Gasteiger partial charge in [0, 0.05) is 0 Å². The van der Waals surface area contributed by atoms with Crippen LogP contribution in [-0.4, -0.2) is 6.18 Å². The van der Waals surface area contributed by atoms with Crippen LogP contribution in [0.2, 0.25) is 0 Å². The highest BCUT2D eigenvalue weighted by Gasteiger charge is 2.73. The van der Waals surface area contributed by atoms with Crippen molar-refractivity contribution in [2.45, 2.75) is 39.8 Å². The number of alkyl halides is 3. The molecule has 0 aromatic heterocycles. The van der Waals surface area contributed by atoms with E-state index in [1.807, 2.05) is 0 Å². The van der Waals surface area contributed by atoms with Crippen molar-refractivity contribution in [2.24, 2.45) is 10.8 Å². The number of rotatable bonds is 1. The second-order valence-electron chi connectivity index (χ2n) is 3.99. The molecule has 0 aromatic carbocycles. The molecular weight excluding hydrogens is 153 g/mol. The fourth-order valence-electron chi connectivity index (χ4n) is 2.00. The minimum atomic E-state index is -4.01. The van der Waals surface area contributed by atoms with Crippen LogP contribution in [0.5, 0.6) is 0 Å². The van der Waals surface area contributed by atoms with Crippen molar-refractivity contribution in [1.82, 2.24) is 0 Å². The summed E-state index contributed by atoms with van der Waals surface area (Å²) >= 11 is 0. The third-order valence-corrected chi connectivity index (χ3v) is 3.06. The fraction of sp³-hybridized carbons (Fsp3) is 1.00. The van der Waals surface area contributed by atoms with E-state index >= 15 is 0 Å². The van der Waals surface area contributed by atoms with E-state index in [4.69, 9.17) is 0 Å². The van der Waals surface area contributed by atoms with Gasteiger partial charge in [-0.25, -0.2) is 0 Å². The van der Waals surface area contributed by atoms with Crippen LogP contribution < -0.4 is 0 Å². The van der Waals surface area contributed by atoms with Crippen molar-refractivity contribution in [3.05, 3.63) is 0 Å². The molecule has 1 saturated carbocycles. The normalized spacial score (nSPS) is 35.5. The first kappa shape index (κ1) is 8.88. The van der Waals surface area contributed by atoms with Gasteiger partial charge in [-0.15, -0.1) is 0 Å². The molecule has 0 N–H and O–H groups in total. The summed E-state index contributed by atoms with van der Waals surface area (Å²) in [7, 11) is 0. The molecule has 1 unspecified atom stereocenters. The lowest BCUT2D eigenvalue weighted by Crippen LogP contribution is -2.28. The highest BCUT2D eigenvalue weighted by atomic mass is 19.4. The lowest BCUT2D eigenvalue weighted by molar-refractivity contribution is -0.198. The standard InChI is InChI=1S/C8H13F3/c1-4-7(8(9,10)11)5-6(7,2)3/h4-5H2,1-3H3. The molecule has 1 fully saturated rings. The molecule has 1 atom stereocenters. The lowest BCUT2D eigenvalue weighted by atomic mass is 9.92. The van der Waals surface area contributed by atoms with Gasteiger partial charge >= 0.3 is 6.18 Å². The van der Waals surface area contributed by atoms with E-state index in [1.54, 1.807) is 20.8 Å². The van der Waals surface area contributed by atoms with Crippen molar-refractivity contribution in [1.29, 1.82) is 0 Å². The van der Waals surface area contributed by atoms with Gasteiger partial charge in [-0.2, -0.15) is 13.2 Å². The first-order valence-corrected chi connectivity index (χ1v) is 3.83. The smallest absolute Gasteiger partial charge is 0.170 e. The Balaban J connectivity index is 2.84. The Bertz CT molecular complexity index is 169. The van der Waals surface area contributed by atoms with E-state index in [0.29, 0.717) is 6.42 Å². The monoisotopic (exact) mass is 166 g/mol. The summed E-state index contributed by atoms with van der Waals surface area (Å²) in [6.07, 6.45) is -3.51. The maximum atomic E-state index is 12.4. The Kier molecular flexibility index (Phi) is 1.56. The second-order valence-corrected chi connectivity index (χ2v) is 3.99. The first-order chi connectivity index (χ1) is 4.77. The molecule has 66 valence electrons. The molecule has 1 rings (SSSR count). The number of hydrogen-bond donors (Lipinski definition) is 0. The summed E-state index contributed by atoms with van der Waals surface area (Å²) in [5, 5.41) is 0. The van der Waals surface area contributed by atoms with E-state index in [1.165, 1.54) is 0 Å². The minimum Gasteiger partial charge on any atom is -0.170 e. The Morgan fingerprint density at radius 2 is 1.64 bits per heavy atom. The molecule has 0 spiro atoms. The number of halogens is 3. The molecule has 0 bridgehead atoms. The molecule has 0 aliphatic heterocycles. The van der Waals surface area contributed by atoms with Crippen LogP contribution in [0.1, 0.15) is 33.6 Å². The van der Waals surface area contributed by atoms with Crippen molar-refractivity contribution >= 4 is 0 Å². The van der Waals surface area contributed by atoms with Crippen LogP contribution >= 0.6 is 0 Å². The molecule has 0 nitrogen and oxygen atoms in total. The summed E-state index contributed by atoms with van der Waals surface area (Å²) in [6.45, 7) is 4.98. The zero-order chi connectivity index (χ0) is 8.91. The predicted molar refractivity (Wildman–Crippen MR) is 37.2 cm³/mol. The maximum absolute atomic E-state index is 12.4. The van der Waals surface area contributed by atoms with Gasteiger partial charge in [0.05, 0.1) is 5.41 Å². The Labute approximate surface area is 64.8 Å². The third kappa shape index (κ3) is 0.967. The Morgan fingerprint density at radius 1 is 1.27 bits per heavy atom. The molecule has 0 saturated heterocycles. The van der Waals surface area contributed by atoms with Crippen molar-refractivity contribution < 1.29 is 13.2 Å². The van der Waals surface area contributed by atoms with Crippen LogP contribution in [0.25, 0.3) is 0 Å². The molecule has 1 aliphatic carbocycles. The van der Waals surface area contributed by atoms with Crippen LogP contribution in [0.4, 0.5) is 13.2 Å². The molecule has 0 radical (unpaired) electrons. The van der Waals surface area contributed by atoms with Crippen LogP contribution in [0.15, 0.2) is 0 Å². The van der Waals surface area contributed by atoms with Crippen LogP contribution in [0, 0.1) is 10.8 Å². The SMILES string of the molecule is CCC1(C(F)(F)F)CC1(C)C. The van der Waals surface area contributed by atoms with E-state index in [-0.39, 0.29) is 6.42 Å². The van der Waals surface area contributed by atoms with Crippen LogP contribution in [-0.2, 0) is 0 Å². The van der Waals surface area contributed by atoms with Gasteiger partial charge < -0.3 is 0 Å². The number of hydrogen-bond acceptors (Lipinski definition) is 0. The summed E-state index contributed by atoms with van der Waals surface area (Å²) < 4.78 is 37.2. The first-order valence-electron chi connectivity index (χ1n) is 3.83. The van der Waals surface area contributed by atoms with Crippen LogP contribution in [0.3, 0.4) is 0 Å². The molecule has 11 heavy (non-hydrogen) atoms. The highest BCUT2D eigenvalue weighted by molar-refractivity contribution is 5.12. The Hall–Kier alpha value is -0.210. The topological polar surface area (TPSA) is 0 Å². The zero-order valence-corrected chi connectivity index (χ0v) is 7.05.